The second kappa shape index (κ2) is 6.56. The second-order valence-electron chi connectivity index (χ2n) is 5.23. The molecule has 0 atom stereocenters. The van der Waals surface area contributed by atoms with Gasteiger partial charge in [-0.3, -0.25) is 0 Å². The molecule has 0 fully saturated rings. The lowest BCUT2D eigenvalue weighted by Gasteiger charge is -2.25. The van der Waals surface area contributed by atoms with Crippen molar-refractivity contribution in [2.45, 2.75) is 33.7 Å². The largest absolute Gasteiger partial charge is 0.461 e. The van der Waals surface area contributed by atoms with E-state index in [9.17, 15) is 4.79 Å². The maximum atomic E-state index is 11.6. The molecule has 0 aliphatic carbocycles. The molecule has 0 aromatic carbocycles. The predicted molar refractivity (Wildman–Crippen MR) is 72.9 cm³/mol. The molecule has 6 nitrogen and oxygen atoms in total. The number of nitrogen functional groups attached to an aromatic ring is 1. The van der Waals surface area contributed by atoms with Crippen LogP contribution in [-0.4, -0.2) is 35.8 Å². The zero-order valence-electron chi connectivity index (χ0n) is 12.1. The van der Waals surface area contributed by atoms with Crippen molar-refractivity contribution in [1.82, 2.24) is 9.55 Å². The van der Waals surface area contributed by atoms with E-state index in [0.717, 1.165) is 6.42 Å². The molecular formula is C13H23N3O3. The highest BCUT2D eigenvalue weighted by atomic mass is 16.5. The van der Waals surface area contributed by atoms with Gasteiger partial charge in [-0.15, -0.1) is 0 Å². The van der Waals surface area contributed by atoms with Crippen molar-refractivity contribution < 1.29 is 14.3 Å². The number of anilines is 1. The quantitative estimate of drug-likeness (QED) is 0.762. The van der Waals surface area contributed by atoms with Crippen LogP contribution in [0.1, 0.15) is 37.7 Å². The number of aromatic nitrogens is 2. The van der Waals surface area contributed by atoms with Crippen LogP contribution in [-0.2, 0) is 16.0 Å². The van der Waals surface area contributed by atoms with E-state index in [0.29, 0.717) is 25.6 Å². The van der Waals surface area contributed by atoms with Crippen LogP contribution in [0.15, 0.2) is 6.33 Å². The molecule has 19 heavy (non-hydrogen) atoms. The third-order valence-electron chi connectivity index (χ3n) is 2.93. The van der Waals surface area contributed by atoms with Gasteiger partial charge < -0.3 is 19.8 Å². The Morgan fingerprint density at radius 1 is 1.53 bits per heavy atom. The van der Waals surface area contributed by atoms with Crippen molar-refractivity contribution in [3.8, 4) is 0 Å². The molecule has 0 unspecified atom stereocenters. The highest BCUT2D eigenvalue weighted by Gasteiger charge is 2.22. The van der Waals surface area contributed by atoms with Crippen molar-refractivity contribution >= 4 is 11.8 Å². The lowest BCUT2D eigenvalue weighted by atomic mass is 9.89. The van der Waals surface area contributed by atoms with Gasteiger partial charge in [0, 0.05) is 20.3 Å². The molecule has 0 aliphatic heterocycles. The van der Waals surface area contributed by atoms with Gasteiger partial charge in [-0.25, -0.2) is 9.78 Å². The number of carbonyl (C=O) groups is 1. The van der Waals surface area contributed by atoms with Gasteiger partial charge in [0.2, 0.25) is 0 Å². The molecule has 0 saturated heterocycles. The smallest absolute Gasteiger partial charge is 0.360 e. The maximum Gasteiger partial charge on any atom is 0.360 e. The molecule has 1 aromatic heterocycles. The zero-order valence-corrected chi connectivity index (χ0v) is 12.1. The molecule has 0 spiro atoms. The minimum atomic E-state index is -0.478. The Labute approximate surface area is 113 Å². The summed E-state index contributed by atoms with van der Waals surface area (Å²) in [5, 5.41) is 0. The molecule has 6 heteroatoms. The van der Waals surface area contributed by atoms with Gasteiger partial charge in [0.05, 0.1) is 12.9 Å². The topological polar surface area (TPSA) is 79.4 Å². The highest BCUT2D eigenvalue weighted by molar-refractivity contribution is 5.92. The summed E-state index contributed by atoms with van der Waals surface area (Å²) in [5.74, 6) is -0.127. The number of methoxy groups -OCH3 is 1. The van der Waals surface area contributed by atoms with E-state index in [1.54, 1.807) is 24.9 Å². The third kappa shape index (κ3) is 4.24. The summed E-state index contributed by atoms with van der Waals surface area (Å²) in [7, 11) is 1.68. The monoisotopic (exact) mass is 269 g/mol. The first kappa shape index (κ1) is 15.5. The average Bonchev–Trinajstić information content (AvgIpc) is 2.68. The van der Waals surface area contributed by atoms with Crippen LogP contribution in [0.2, 0.25) is 0 Å². The average molecular weight is 269 g/mol. The summed E-state index contributed by atoms with van der Waals surface area (Å²) in [6.45, 7) is 7.66. The van der Waals surface area contributed by atoms with Crippen molar-refractivity contribution in [2.24, 2.45) is 5.41 Å². The zero-order chi connectivity index (χ0) is 14.5. The van der Waals surface area contributed by atoms with E-state index in [-0.39, 0.29) is 11.1 Å². The Bertz CT molecular complexity index is 427. The summed E-state index contributed by atoms with van der Waals surface area (Å²) < 4.78 is 11.8. The SMILES string of the molecule is CCOC(=O)c1ncn(CC(C)(C)CCOC)c1N. The molecule has 0 radical (unpaired) electrons. The third-order valence-corrected chi connectivity index (χ3v) is 2.93. The standard InChI is InChI=1S/C13H23N3O3/c1-5-19-12(17)10-11(14)16(9-15-10)8-13(2,3)6-7-18-4/h9H,5-8,14H2,1-4H3. The van der Waals surface area contributed by atoms with Crippen molar-refractivity contribution in [1.29, 1.82) is 0 Å². The van der Waals surface area contributed by atoms with Gasteiger partial charge in [0.15, 0.2) is 5.69 Å². The normalized spacial score (nSPS) is 11.6. The number of nitrogens with two attached hydrogens (primary N) is 1. The van der Waals surface area contributed by atoms with Gasteiger partial charge in [0.25, 0.3) is 0 Å². The Morgan fingerprint density at radius 3 is 2.79 bits per heavy atom. The Kier molecular flexibility index (Phi) is 5.35. The summed E-state index contributed by atoms with van der Waals surface area (Å²) in [5.41, 5.74) is 6.13. The molecule has 108 valence electrons. The fraction of sp³-hybridized carbons (Fsp3) is 0.692. The molecule has 0 saturated carbocycles. The molecule has 2 N–H and O–H groups in total. The number of ether oxygens (including phenoxy) is 2. The van der Waals surface area contributed by atoms with Crippen LogP contribution >= 0.6 is 0 Å². The first-order valence-electron chi connectivity index (χ1n) is 6.38. The van der Waals surface area contributed by atoms with E-state index >= 15 is 0 Å². The van der Waals surface area contributed by atoms with Crippen LogP contribution in [0.5, 0.6) is 0 Å². The summed E-state index contributed by atoms with van der Waals surface area (Å²) >= 11 is 0. The molecule has 0 amide bonds. The molecule has 0 aliphatic rings. The summed E-state index contributed by atoms with van der Waals surface area (Å²) in [6.07, 6.45) is 2.48. The Morgan fingerprint density at radius 2 is 2.21 bits per heavy atom. The fourth-order valence-electron chi connectivity index (χ4n) is 1.79. The number of hydrogen-bond acceptors (Lipinski definition) is 5. The first-order valence-corrected chi connectivity index (χ1v) is 6.38. The highest BCUT2D eigenvalue weighted by Crippen LogP contribution is 2.25. The minimum Gasteiger partial charge on any atom is -0.461 e. The minimum absolute atomic E-state index is 0.0107. The van der Waals surface area contributed by atoms with Gasteiger partial charge in [-0.05, 0) is 18.8 Å². The Balaban J connectivity index is 2.78. The number of carbonyl (C=O) groups excluding carboxylic acids is 1. The van der Waals surface area contributed by atoms with E-state index in [1.807, 2.05) is 0 Å². The fourth-order valence-corrected chi connectivity index (χ4v) is 1.79. The number of rotatable bonds is 7. The Hall–Kier alpha value is -1.56. The summed E-state index contributed by atoms with van der Waals surface area (Å²) in [4.78, 5) is 15.6. The van der Waals surface area contributed by atoms with Crippen LogP contribution in [0.4, 0.5) is 5.82 Å². The van der Waals surface area contributed by atoms with Crippen molar-refractivity contribution in [3.05, 3.63) is 12.0 Å². The number of imidazole rings is 1. The van der Waals surface area contributed by atoms with E-state index in [1.165, 1.54) is 0 Å². The van der Waals surface area contributed by atoms with Gasteiger partial charge in [0.1, 0.15) is 5.82 Å². The van der Waals surface area contributed by atoms with Crippen molar-refractivity contribution in [3.63, 3.8) is 0 Å². The van der Waals surface area contributed by atoms with Crippen LogP contribution in [0, 0.1) is 5.41 Å². The molecular weight excluding hydrogens is 246 g/mol. The van der Waals surface area contributed by atoms with Gasteiger partial charge >= 0.3 is 5.97 Å². The van der Waals surface area contributed by atoms with E-state index in [4.69, 9.17) is 15.2 Å². The number of hydrogen-bond donors (Lipinski definition) is 1. The molecule has 1 heterocycles. The number of nitrogens with zero attached hydrogens (tertiary/aromatic N) is 2. The van der Waals surface area contributed by atoms with E-state index < -0.39 is 5.97 Å². The number of esters is 1. The molecule has 0 bridgehead atoms. The predicted octanol–water partition coefficient (Wildman–Crippen LogP) is 1.70. The van der Waals surface area contributed by atoms with E-state index in [2.05, 4.69) is 18.8 Å². The maximum absolute atomic E-state index is 11.6. The lowest BCUT2D eigenvalue weighted by molar-refractivity contribution is 0.0521. The van der Waals surface area contributed by atoms with Crippen LogP contribution in [0.3, 0.4) is 0 Å². The van der Waals surface area contributed by atoms with Crippen LogP contribution < -0.4 is 5.73 Å². The van der Waals surface area contributed by atoms with Gasteiger partial charge in [-0.2, -0.15) is 0 Å². The van der Waals surface area contributed by atoms with Gasteiger partial charge in [-0.1, -0.05) is 13.8 Å². The first-order chi connectivity index (χ1) is 8.91. The van der Waals surface area contributed by atoms with Crippen molar-refractivity contribution in [2.75, 3.05) is 26.1 Å². The second-order valence-corrected chi connectivity index (χ2v) is 5.23. The molecule has 1 rings (SSSR count). The lowest BCUT2D eigenvalue weighted by Crippen LogP contribution is -2.22. The molecule has 1 aromatic rings. The van der Waals surface area contributed by atoms with Crippen LogP contribution in [0.25, 0.3) is 0 Å². The summed E-state index contributed by atoms with van der Waals surface area (Å²) in [6, 6.07) is 0.